The lowest BCUT2D eigenvalue weighted by atomic mass is 9.91. The number of benzene rings is 1. The molecule has 1 rings (SSSR count). The minimum Gasteiger partial charge on any atom is -0.427 e. The van der Waals surface area contributed by atoms with E-state index in [1.54, 1.807) is 24.3 Å². The molecular formula is C14H18O4. The van der Waals surface area contributed by atoms with Crippen LogP contribution in [0.4, 0.5) is 0 Å². The van der Waals surface area contributed by atoms with Gasteiger partial charge in [0.15, 0.2) is 0 Å². The molecule has 98 valence electrons. The van der Waals surface area contributed by atoms with Crippen LogP contribution in [0, 0.1) is 5.41 Å². The molecule has 0 bridgehead atoms. The van der Waals surface area contributed by atoms with Crippen molar-refractivity contribution < 1.29 is 19.1 Å². The molecule has 0 aliphatic heterocycles. The number of hydrogen-bond acceptors (Lipinski definition) is 4. The number of carbonyl (C=O) groups excluding carboxylic acids is 2. The Labute approximate surface area is 107 Å². The van der Waals surface area contributed by atoms with Gasteiger partial charge < -0.3 is 9.47 Å². The summed E-state index contributed by atoms with van der Waals surface area (Å²) < 4.78 is 10.1. The first kappa shape index (κ1) is 14.2. The second kappa shape index (κ2) is 5.67. The first-order valence-corrected chi connectivity index (χ1v) is 5.86. The smallest absolute Gasteiger partial charge is 0.316 e. The molecule has 4 heteroatoms. The van der Waals surface area contributed by atoms with Gasteiger partial charge in [0.25, 0.3) is 0 Å². The molecule has 0 saturated carbocycles. The van der Waals surface area contributed by atoms with E-state index in [2.05, 4.69) is 0 Å². The zero-order valence-corrected chi connectivity index (χ0v) is 11.1. The molecule has 0 N–H and O–H groups in total. The predicted octanol–water partition coefficient (Wildman–Crippen LogP) is 2.95. The molecule has 0 aliphatic carbocycles. The highest BCUT2D eigenvalue weighted by Gasteiger charge is 2.27. The van der Waals surface area contributed by atoms with Gasteiger partial charge in [0, 0.05) is 6.92 Å². The Morgan fingerprint density at radius 1 is 1.06 bits per heavy atom. The van der Waals surface area contributed by atoms with Gasteiger partial charge in [-0.1, -0.05) is 6.92 Å². The minimum atomic E-state index is -0.505. The quantitative estimate of drug-likeness (QED) is 0.609. The third-order valence-corrected chi connectivity index (χ3v) is 2.73. The summed E-state index contributed by atoms with van der Waals surface area (Å²) in [7, 11) is 0. The summed E-state index contributed by atoms with van der Waals surface area (Å²) in [6, 6.07) is 6.37. The lowest BCUT2D eigenvalue weighted by molar-refractivity contribution is -0.144. The van der Waals surface area contributed by atoms with Crippen LogP contribution in [0.15, 0.2) is 24.3 Å². The topological polar surface area (TPSA) is 52.6 Å². The van der Waals surface area contributed by atoms with E-state index in [9.17, 15) is 9.59 Å². The van der Waals surface area contributed by atoms with Crippen molar-refractivity contribution in [2.75, 3.05) is 0 Å². The van der Waals surface area contributed by atoms with Crippen LogP contribution in [-0.2, 0) is 9.59 Å². The Morgan fingerprint density at radius 2 is 1.50 bits per heavy atom. The maximum absolute atomic E-state index is 11.8. The van der Waals surface area contributed by atoms with Crippen molar-refractivity contribution in [3.63, 3.8) is 0 Å². The van der Waals surface area contributed by atoms with Crippen molar-refractivity contribution in [3.8, 4) is 11.5 Å². The van der Waals surface area contributed by atoms with E-state index in [-0.39, 0.29) is 11.9 Å². The minimum absolute atomic E-state index is 0.273. The first-order valence-electron chi connectivity index (χ1n) is 5.86. The highest BCUT2D eigenvalue weighted by molar-refractivity contribution is 5.78. The molecule has 0 spiro atoms. The highest BCUT2D eigenvalue weighted by atomic mass is 16.5. The van der Waals surface area contributed by atoms with Crippen molar-refractivity contribution in [2.45, 2.75) is 34.1 Å². The molecule has 0 saturated heterocycles. The Balaban J connectivity index is 2.69. The van der Waals surface area contributed by atoms with E-state index < -0.39 is 5.41 Å². The maximum Gasteiger partial charge on any atom is 0.316 e. The van der Waals surface area contributed by atoms with Gasteiger partial charge in [-0.15, -0.1) is 0 Å². The van der Waals surface area contributed by atoms with E-state index >= 15 is 0 Å². The fourth-order valence-corrected chi connectivity index (χ4v) is 1.13. The number of rotatable bonds is 4. The summed E-state index contributed by atoms with van der Waals surface area (Å²) >= 11 is 0. The lowest BCUT2D eigenvalue weighted by Crippen LogP contribution is -2.28. The molecule has 0 fully saturated rings. The predicted molar refractivity (Wildman–Crippen MR) is 67.5 cm³/mol. The van der Waals surface area contributed by atoms with Crippen LogP contribution in [0.5, 0.6) is 11.5 Å². The van der Waals surface area contributed by atoms with E-state index in [0.717, 1.165) is 0 Å². The van der Waals surface area contributed by atoms with Gasteiger partial charge in [0.1, 0.15) is 11.5 Å². The molecule has 0 aliphatic rings. The summed E-state index contributed by atoms with van der Waals surface area (Å²) in [4.78, 5) is 22.6. The standard InChI is InChI=1S/C14H18O4/c1-5-14(3,4)13(16)18-12-8-6-11(7-9-12)17-10(2)15/h6-9H,5H2,1-4H3. The summed E-state index contributed by atoms with van der Waals surface area (Å²) in [6.45, 7) is 6.94. The second-order valence-corrected chi connectivity index (χ2v) is 4.69. The molecular weight excluding hydrogens is 232 g/mol. The fraction of sp³-hybridized carbons (Fsp3) is 0.429. The Morgan fingerprint density at radius 3 is 1.89 bits per heavy atom. The Hall–Kier alpha value is -1.84. The van der Waals surface area contributed by atoms with Crippen LogP contribution in [0.3, 0.4) is 0 Å². The van der Waals surface area contributed by atoms with Gasteiger partial charge >= 0.3 is 11.9 Å². The van der Waals surface area contributed by atoms with E-state index in [1.165, 1.54) is 6.92 Å². The van der Waals surface area contributed by atoms with E-state index in [4.69, 9.17) is 9.47 Å². The second-order valence-electron chi connectivity index (χ2n) is 4.69. The molecule has 0 atom stereocenters. The average Bonchev–Trinajstić information content (AvgIpc) is 2.31. The largest absolute Gasteiger partial charge is 0.427 e. The molecule has 18 heavy (non-hydrogen) atoms. The fourth-order valence-electron chi connectivity index (χ4n) is 1.13. The van der Waals surface area contributed by atoms with Gasteiger partial charge in [-0.2, -0.15) is 0 Å². The molecule has 0 unspecified atom stereocenters. The number of ether oxygens (including phenoxy) is 2. The first-order chi connectivity index (χ1) is 8.35. The van der Waals surface area contributed by atoms with Crippen LogP contribution in [0.1, 0.15) is 34.1 Å². The molecule has 1 aromatic rings. The number of carbonyl (C=O) groups is 2. The molecule has 4 nitrogen and oxygen atoms in total. The van der Waals surface area contributed by atoms with E-state index in [0.29, 0.717) is 17.9 Å². The molecule has 0 amide bonds. The number of esters is 2. The monoisotopic (exact) mass is 250 g/mol. The molecule has 0 heterocycles. The van der Waals surface area contributed by atoms with Crippen LogP contribution >= 0.6 is 0 Å². The van der Waals surface area contributed by atoms with Gasteiger partial charge in [-0.25, -0.2) is 0 Å². The molecule has 0 aromatic heterocycles. The van der Waals surface area contributed by atoms with Crippen molar-refractivity contribution in [1.82, 2.24) is 0 Å². The van der Waals surface area contributed by atoms with Crippen molar-refractivity contribution in [2.24, 2.45) is 5.41 Å². The van der Waals surface area contributed by atoms with Crippen LogP contribution < -0.4 is 9.47 Å². The van der Waals surface area contributed by atoms with Gasteiger partial charge in [-0.05, 0) is 44.5 Å². The highest BCUT2D eigenvalue weighted by Crippen LogP contribution is 2.24. The van der Waals surface area contributed by atoms with Crippen molar-refractivity contribution in [3.05, 3.63) is 24.3 Å². The summed E-state index contributed by atoms with van der Waals surface area (Å²) in [6.07, 6.45) is 0.706. The third kappa shape index (κ3) is 3.87. The summed E-state index contributed by atoms with van der Waals surface area (Å²) in [5.41, 5.74) is -0.505. The van der Waals surface area contributed by atoms with Crippen LogP contribution in [-0.4, -0.2) is 11.9 Å². The third-order valence-electron chi connectivity index (χ3n) is 2.73. The van der Waals surface area contributed by atoms with Crippen LogP contribution in [0.25, 0.3) is 0 Å². The zero-order chi connectivity index (χ0) is 13.8. The van der Waals surface area contributed by atoms with Gasteiger partial charge in [0.05, 0.1) is 5.41 Å². The van der Waals surface area contributed by atoms with Crippen molar-refractivity contribution >= 4 is 11.9 Å². The average molecular weight is 250 g/mol. The Bertz CT molecular complexity index is 432. The van der Waals surface area contributed by atoms with Gasteiger partial charge in [-0.3, -0.25) is 9.59 Å². The van der Waals surface area contributed by atoms with Crippen molar-refractivity contribution in [1.29, 1.82) is 0 Å². The summed E-state index contributed by atoms with van der Waals surface area (Å²) in [5, 5.41) is 0. The van der Waals surface area contributed by atoms with E-state index in [1.807, 2.05) is 20.8 Å². The number of hydrogen-bond donors (Lipinski definition) is 0. The molecule has 0 radical (unpaired) electrons. The van der Waals surface area contributed by atoms with Crippen LogP contribution in [0.2, 0.25) is 0 Å². The summed E-state index contributed by atoms with van der Waals surface area (Å²) in [5.74, 6) is 0.214. The van der Waals surface area contributed by atoms with Gasteiger partial charge in [0.2, 0.25) is 0 Å². The SMILES string of the molecule is CCC(C)(C)C(=O)Oc1ccc(OC(C)=O)cc1. The molecule has 1 aromatic carbocycles. The maximum atomic E-state index is 11.8. The zero-order valence-electron chi connectivity index (χ0n) is 11.1. The normalized spacial score (nSPS) is 10.9. The lowest BCUT2D eigenvalue weighted by Gasteiger charge is -2.20. The Kier molecular flexibility index (Phi) is 4.48.